The molecule has 88 valence electrons. The van der Waals surface area contributed by atoms with E-state index in [1.165, 1.54) is 5.39 Å². The number of amides is 1. The van der Waals surface area contributed by atoms with Gasteiger partial charge in [0, 0.05) is 18.6 Å². The quantitative estimate of drug-likeness (QED) is 0.697. The SMILES string of the molecule is CN1CCOC1=O.c1ccc2ncccc2c1. The second kappa shape index (κ2) is 5.30. The molecule has 1 aromatic heterocycles. The molecule has 2 aromatic rings. The van der Waals surface area contributed by atoms with Gasteiger partial charge in [0.1, 0.15) is 6.61 Å². The summed E-state index contributed by atoms with van der Waals surface area (Å²) in [4.78, 5) is 16.0. The second-order valence-corrected chi connectivity index (χ2v) is 3.73. The van der Waals surface area contributed by atoms with Crippen molar-refractivity contribution in [2.45, 2.75) is 0 Å². The van der Waals surface area contributed by atoms with Crippen molar-refractivity contribution >= 4 is 17.0 Å². The maximum absolute atomic E-state index is 10.3. The van der Waals surface area contributed by atoms with Gasteiger partial charge in [-0.25, -0.2) is 4.79 Å². The van der Waals surface area contributed by atoms with Gasteiger partial charge < -0.3 is 9.64 Å². The van der Waals surface area contributed by atoms with Crippen molar-refractivity contribution < 1.29 is 9.53 Å². The van der Waals surface area contributed by atoms with Crippen LogP contribution in [-0.2, 0) is 4.74 Å². The fourth-order valence-electron chi connectivity index (χ4n) is 1.49. The van der Waals surface area contributed by atoms with Crippen LogP contribution < -0.4 is 0 Å². The molecule has 2 heterocycles. The number of likely N-dealkylation sites (N-methyl/N-ethyl adjacent to an activating group) is 1. The van der Waals surface area contributed by atoms with Crippen LogP contribution in [0.15, 0.2) is 42.6 Å². The van der Waals surface area contributed by atoms with Crippen LogP contribution in [0.4, 0.5) is 4.79 Å². The van der Waals surface area contributed by atoms with Crippen molar-refractivity contribution in [3.05, 3.63) is 42.6 Å². The predicted octanol–water partition coefficient (Wildman–Crippen LogP) is 2.30. The molecular weight excluding hydrogens is 216 g/mol. The molecule has 0 N–H and O–H groups in total. The van der Waals surface area contributed by atoms with E-state index in [0.717, 1.165) is 12.1 Å². The molecule has 1 amide bonds. The third-order valence-corrected chi connectivity index (χ3v) is 2.48. The van der Waals surface area contributed by atoms with Gasteiger partial charge in [0.05, 0.1) is 12.1 Å². The fourth-order valence-corrected chi connectivity index (χ4v) is 1.49. The molecular formula is C13H14N2O2. The van der Waals surface area contributed by atoms with Crippen LogP contribution >= 0.6 is 0 Å². The minimum atomic E-state index is -0.208. The van der Waals surface area contributed by atoms with Crippen molar-refractivity contribution in [3.63, 3.8) is 0 Å². The number of rotatable bonds is 0. The number of ether oxygens (including phenoxy) is 1. The highest BCUT2D eigenvalue weighted by atomic mass is 16.6. The largest absolute Gasteiger partial charge is 0.448 e. The highest BCUT2D eigenvalue weighted by molar-refractivity contribution is 5.77. The van der Waals surface area contributed by atoms with Crippen LogP contribution in [-0.4, -0.2) is 36.2 Å². The van der Waals surface area contributed by atoms with Crippen molar-refractivity contribution in [2.24, 2.45) is 0 Å². The number of benzene rings is 1. The first-order valence-corrected chi connectivity index (χ1v) is 5.45. The summed E-state index contributed by atoms with van der Waals surface area (Å²) >= 11 is 0. The Bertz CT molecular complexity index is 448. The van der Waals surface area contributed by atoms with Gasteiger partial charge in [0.25, 0.3) is 0 Å². The molecule has 1 fully saturated rings. The molecule has 1 saturated heterocycles. The highest BCUT2D eigenvalue weighted by Crippen LogP contribution is 2.07. The molecule has 1 aromatic carbocycles. The number of hydrogen-bond donors (Lipinski definition) is 0. The topological polar surface area (TPSA) is 42.4 Å². The van der Waals surface area contributed by atoms with Crippen LogP contribution in [0.5, 0.6) is 0 Å². The smallest absolute Gasteiger partial charge is 0.409 e. The normalized spacial score (nSPS) is 14.2. The van der Waals surface area contributed by atoms with E-state index >= 15 is 0 Å². The molecule has 1 aliphatic heterocycles. The molecule has 0 atom stereocenters. The van der Waals surface area contributed by atoms with Gasteiger partial charge >= 0.3 is 6.09 Å². The Morgan fingerprint density at radius 2 is 2.00 bits per heavy atom. The lowest BCUT2D eigenvalue weighted by molar-refractivity contribution is 0.163. The Morgan fingerprint density at radius 3 is 2.59 bits per heavy atom. The summed E-state index contributed by atoms with van der Waals surface area (Å²) in [7, 11) is 1.72. The number of para-hydroxylation sites is 1. The minimum absolute atomic E-state index is 0.208. The molecule has 0 unspecified atom stereocenters. The minimum Gasteiger partial charge on any atom is -0.448 e. The molecule has 0 bridgehead atoms. The molecule has 0 spiro atoms. The van der Waals surface area contributed by atoms with E-state index in [0.29, 0.717) is 6.61 Å². The van der Waals surface area contributed by atoms with E-state index in [9.17, 15) is 4.79 Å². The van der Waals surface area contributed by atoms with Crippen LogP contribution in [0, 0.1) is 0 Å². The lowest BCUT2D eigenvalue weighted by atomic mass is 10.2. The van der Waals surface area contributed by atoms with E-state index < -0.39 is 0 Å². The van der Waals surface area contributed by atoms with Crippen molar-refractivity contribution in [1.82, 2.24) is 9.88 Å². The third kappa shape index (κ3) is 2.93. The lowest BCUT2D eigenvalue weighted by Gasteiger charge is -1.98. The number of carbonyl (C=O) groups is 1. The van der Waals surface area contributed by atoms with Crippen LogP contribution in [0.2, 0.25) is 0 Å². The first-order valence-electron chi connectivity index (χ1n) is 5.45. The summed E-state index contributed by atoms with van der Waals surface area (Å²) in [6.07, 6.45) is 1.60. The Labute approximate surface area is 99.8 Å². The summed E-state index contributed by atoms with van der Waals surface area (Å²) in [5.41, 5.74) is 1.06. The van der Waals surface area contributed by atoms with E-state index in [-0.39, 0.29) is 6.09 Å². The summed E-state index contributed by atoms with van der Waals surface area (Å²) in [5, 5.41) is 1.20. The zero-order valence-electron chi connectivity index (χ0n) is 9.67. The number of pyridine rings is 1. The van der Waals surface area contributed by atoms with Gasteiger partial charge in [-0.1, -0.05) is 24.3 Å². The van der Waals surface area contributed by atoms with E-state index in [1.807, 2.05) is 30.5 Å². The zero-order valence-corrected chi connectivity index (χ0v) is 9.67. The summed E-state index contributed by atoms with van der Waals surface area (Å²) in [6.45, 7) is 1.29. The van der Waals surface area contributed by atoms with Crippen molar-refractivity contribution in [2.75, 3.05) is 20.2 Å². The lowest BCUT2D eigenvalue weighted by Crippen LogP contribution is -2.17. The highest BCUT2D eigenvalue weighted by Gasteiger charge is 2.15. The van der Waals surface area contributed by atoms with E-state index in [2.05, 4.69) is 21.9 Å². The third-order valence-electron chi connectivity index (χ3n) is 2.48. The van der Waals surface area contributed by atoms with Crippen molar-refractivity contribution in [3.8, 4) is 0 Å². The maximum Gasteiger partial charge on any atom is 0.409 e. The average molecular weight is 230 g/mol. The van der Waals surface area contributed by atoms with Gasteiger partial charge in [-0.2, -0.15) is 0 Å². The van der Waals surface area contributed by atoms with Crippen molar-refractivity contribution in [1.29, 1.82) is 0 Å². The molecule has 0 aliphatic carbocycles. The first-order chi connectivity index (χ1) is 8.27. The summed E-state index contributed by atoms with van der Waals surface area (Å²) in [6, 6.07) is 12.1. The van der Waals surface area contributed by atoms with Gasteiger partial charge in [-0.05, 0) is 12.1 Å². The standard InChI is InChI=1S/C9H7N.C4H7NO2/c1-2-6-9-8(4-1)5-3-7-10-9;1-5-2-3-7-4(5)6/h1-7H;2-3H2,1H3. The van der Waals surface area contributed by atoms with Crippen LogP contribution in [0.3, 0.4) is 0 Å². The number of cyclic esters (lactones) is 1. The molecule has 17 heavy (non-hydrogen) atoms. The Balaban J connectivity index is 0.000000136. The molecule has 0 saturated carbocycles. The Morgan fingerprint density at radius 1 is 1.24 bits per heavy atom. The summed E-state index contributed by atoms with van der Waals surface area (Å²) < 4.78 is 4.55. The van der Waals surface area contributed by atoms with E-state index in [4.69, 9.17) is 0 Å². The second-order valence-electron chi connectivity index (χ2n) is 3.73. The zero-order chi connectivity index (χ0) is 12.1. The number of fused-ring (bicyclic) bond motifs is 1. The molecule has 3 rings (SSSR count). The van der Waals surface area contributed by atoms with Gasteiger partial charge in [0.2, 0.25) is 0 Å². The Hall–Kier alpha value is -2.10. The Kier molecular flexibility index (Phi) is 3.55. The molecule has 4 heteroatoms. The number of aromatic nitrogens is 1. The van der Waals surface area contributed by atoms with Crippen LogP contribution in [0.1, 0.15) is 0 Å². The van der Waals surface area contributed by atoms with Gasteiger partial charge in [0.15, 0.2) is 0 Å². The number of carbonyl (C=O) groups excluding carboxylic acids is 1. The van der Waals surface area contributed by atoms with Gasteiger partial charge in [-0.3, -0.25) is 4.98 Å². The predicted molar refractivity (Wildman–Crippen MR) is 65.7 cm³/mol. The molecule has 0 radical (unpaired) electrons. The van der Waals surface area contributed by atoms with Gasteiger partial charge in [-0.15, -0.1) is 0 Å². The molecule has 1 aliphatic rings. The van der Waals surface area contributed by atoms with Crippen LogP contribution in [0.25, 0.3) is 10.9 Å². The van der Waals surface area contributed by atoms with E-state index in [1.54, 1.807) is 11.9 Å². The average Bonchev–Trinajstić information content (AvgIpc) is 2.75. The fraction of sp³-hybridized carbons (Fsp3) is 0.231. The number of nitrogens with zero attached hydrogens (tertiary/aromatic N) is 2. The maximum atomic E-state index is 10.3. The first kappa shape index (κ1) is 11.4. The summed E-state index contributed by atoms with van der Waals surface area (Å²) in [5.74, 6) is 0. The monoisotopic (exact) mass is 230 g/mol. The molecule has 4 nitrogen and oxygen atoms in total. The number of hydrogen-bond acceptors (Lipinski definition) is 3.